The molecule has 1 aromatic heterocycles. The second-order valence-electron chi connectivity index (χ2n) is 8.04. The summed E-state index contributed by atoms with van der Waals surface area (Å²) in [6, 6.07) is 15.5. The Hall–Kier alpha value is -3.93. The Bertz CT molecular complexity index is 1350. The molecule has 4 aromatic rings. The van der Waals surface area contributed by atoms with Crippen molar-refractivity contribution in [3.8, 4) is 16.9 Å². The van der Waals surface area contributed by atoms with E-state index in [0.717, 1.165) is 39.8 Å². The fraction of sp³-hybridized carbons (Fsp3) is 0.179. The van der Waals surface area contributed by atoms with Gasteiger partial charge in [-0.15, -0.1) is 0 Å². The maximum atomic E-state index is 13.9. The first-order valence-electron chi connectivity index (χ1n) is 11.0. The zero-order valence-electron chi connectivity index (χ0n) is 19.2. The number of amides is 1. The van der Waals surface area contributed by atoms with Crippen LogP contribution in [0.1, 0.15) is 30.5 Å². The molecule has 0 bridgehead atoms. The van der Waals surface area contributed by atoms with Crippen molar-refractivity contribution in [3.05, 3.63) is 95.3 Å². The molecule has 1 amide bonds. The van der Waals surface area contributed by atoms with Crippen LogP contribution in [-0.4, -0.2) is 12.5 Å². The molecule has 1 N–H and O–H groups in total. The zero-order chi connectivity index (χ0) is 24.2. The fourth-order valence-electron chi connectivity index (χ4n) is 3.80. The summed E-state index contributed by atoms with van der Waals surface area (Å²) in [5.41, 5.74) is 4.99. The van der Waals surface area contributed by atoms with Crippen LogP contribution in [0.4, 0.5) is 8.78 Å². The van der Waals surface area contributed by atoms with E-state index in [1.165, 1.54) is 12.1 Å². The number of nitrogens with one attached hydrogen (secondary N) is 1. The Kier molecular flexibility index (Phi) is 6.77. The van der Waals surface area contributed by atoms with E-state index in [4.69, 9.17) is 9.15 Å². The SMILES string of the molecule is CCOc1cc2occ(-c3ccc(C)cc3)c2cc1/C(C)=C/C(=O)NCc1c(F)cccc1F. The molecule has 0 spiro atoms. The van der Waals surface area contributed by atoms with Gasteiger partial charge in [-0.05, 0) is 50.1 Å². The number of hydrogen-bond acceptors (Lipinski definition) is 3. The number of aryl methyl sites for hydroxylation is 1. The van der Waals surface area contributed by atoms with E-state index in [0.29, 0.717) is 23.5 Å². The summed E-state index contributed by atoms with van der Waals surface area (Å²) in [7, 11) is 0. The van der Waals surface area contributed by atoms with Gasteiger partial charge in [0, 0.05) is 40.8 Å². The van der Waals surface area contributed by atoms with Gasteiger partial charge in [0.15, 0.2) is 0 Å². The Labute approximate surface area is 196 Å². The van der Waals surface area contributed by atoms with Crippen molar-refractivity contribution in [1.82, 2.24) is 5.32 Å². The second-order valence-corrected chi connectivity index (χ2v) is 8.04. The normalized spacial score (nSPS) is 11.6. The molecule has 0 saturated carbocycles. The number of allylic oxidation sites excluding steroid dienone is 1. The lowest BCUT2D eigenvalue weighted by molar-refractivity contribution is -0.116. The van der Waals surface area contributed by atoms with Crippen molar-refractivity contribution >= 4 is 22.4 Å². The monoisotopic (exact) mass is 461 g/mol. The number of carbonyl (C=O) groups is 1. The Morgan fingerprint density at radius 3 is 2.47 bits per heavy atom. The van der Waals surface area contributed by atoms with Crippen LogP contribution in [0.15, 0.2) is 71.4 Å². The van der Waals surface area contributed by atoms with Crippen molar-refractivity contribution in [3.63, 3.8) is 0 Å². The molecular weight excluding hydrogens is 436 g/mol. The molecule has 0 aliphatic carbocycles. The Morgan fingerprint density at radius 1 is 1.09 bits per heavy atom. The Morgan fingerprint density at radius 2 is 1.79 bits per heavy atom. The number of halogens is 2. The molecule has 34 heavy (non-hydrogen) atoms. The summed E-state index contributed by atoms with van der Waals surface area (Å²) >= 11 is 0. The van der Waals surface area contributed by atoms with Gasteiger partial charge in [-0.1, -0.05) is 35.9 Å². The van der Waals surface area contributed by atoms with Gasteiger partial charge in [0.05, 0.1) is 12.9 Å². The molecule has 0 aliphatic heterocycles. The van der Waals surface area contributed by atoms with Crippen LogP contribution in [0.3, 0.4) is 0 Å². The van der Waals surface area contributed by atoms with Crippen LogP contribution >= 0.6 is 0 Å². The molecule has 0 saturated heterocycles. The first-order chi connectivity index (χ1) is 16.4. The van der Waals surface area contributed by atoms with Crippen molar-refractivity contribution in [2.45, 2.75) is 27.3 Å². The maximum Gasteiger partial charge on any atom is 0.244 e. The molecule has 3 aromatic carbocycles. The molecule has 0 fully saturated rings. The highest BCUT2D eigenvalue weighted by molar-refractivity contribution is 6.00. The van der Waals surface area contributed by atoms with E-state index >= 15 is 0 Å². The largest absolute Gasteiger partial charge is 0.493 e. The van der Waals surface area contributed by atoms with Crippen molar-refractivity contribution < 1.29 is 22.7 Å². The first-order valence-corrected chi connectivity index (χ1v) is 11.0. The van der Waals surface area contributed by atoms with E-state index in [2.05, 4.69) is 5.32 Å². The van der Waals surface area contributed by atoms with Gasteiger partial charge in [-0.2, -0.15) is 0 Å². The van der Waals surface area contributed by atoms with Crippen molar-refractivity contribution in [2.24, 2.45) is 0 Å². The van der Waals surface area contributed by atoms with Crippen LogP contribution in [0.25, 0.3) is 27.7 Å². The summed E-state index contributed by atoms with van der Waals surface area (Å²) in [6.07, 6.45) is 3.11. The highest BCUT2D eigenvalue weighted by Crippen LogP contribution is 2.37. The Balaban J connectivity index is 1.66. The molecule has 0 radical (unpaired) electrons. The fourth-order valence-corrected chi connectivity index (χ4v) is 3.80. The summed E-state index contributed by atoms with van der Waals surface area (Å²) < 4.78 is 39.3. The van der Waals surface area contributed by atoms with E-state index in [1.807, 2.05) is 50.2 Å². The molecule has 0 unspecified atom stereocenters. The molecule has 0 atom stereocenters. The molecule has 0 aliphatic rings. The van der Waals surface area contributed by atoms with Crippen molar-refractivity contribution in [2.75, 3.05) is 6.61 Å². The number of rotatable bonds is 7. The van der Waals surface area contributed by atoms with Gasteiger partial charge in [0.2, 0.25) is 5.91 Å². The minimum absolute atomic E-state index is 0.181. The summed E-state index contributed by atoms with van der Waals surface area (Å²) in [5.74, 6) is -1.28. The molecule has 6 heteroatoms. The minimum Gasteiger partial charge on any atom is -0.493 e. The van der Waals surface area contributed by atoms with E-state index in [-0.39, 0.29) is 12.1 Å². The van der Waals surface area contributed by atoms with E-state index in [9.17, 15) is 13.6 Å². The topological polar surface area (TPSA) is 51.5 Å². The number of hydrogen-bond donors (Lipinski definition) is 1. The smallest absolute Gasteiger partial charge is 0.244 e. The average Bonchev–Trinajstić information content (AvgIpc) is 3.21. The predicted octanol–water partition coefficient (Wildman–Crippen LogP) is 6.80. The third-order valence-corrected chi connectivity index (χ3v) is 5.61. The van der Waals surface area contributed by atoms with Crippen LogP contribution < -0.4 is 10.1 Å². The van der Waals surface area contributed by atoms with Gasteiger partial charge < -0.3 is 14.5 Å². The molecule has 4 rings (SSSR count). The third kappa shape index (κ3) is 4.86. The molecule has 174 valence electrons. The average molecular weight is 462 g/mol. The maximum absolute atomic E-state index is 13.9. The van der Waals surface area contributed by atoms with Crippen LogP contribution in [0, 0.1) is 18.6 Å². The number of benzene rings is 3. The lowest BCUT2D eigenvalue weighted by atomic mass is 9.98. The molecular formula is C28H25F2NO3. The van der Waals surface area contributed by atoms with Crippen LogP contribution in [0.2, 0.25) is 0 Å². The summed E-state index contributed by atoms with van der Waals surface area (Å²) in [5, 5.41) is 3.45. The van der Waals surface area contributed by atoms with Crippen LogP contribution in [-0.2, 0) is 11.3 Å². The number of ether oxygens (including phenoxy) is 1. The van der Waals surface area contributed by atoms with Gasteiger partial charge in [0.25, 0.3) is 0 Å². The highest BCUT2D eigenvalue weighted by atomic mass is 19.1. The van der Waals surface area contributed by atoms with Crippen molar-refractivity contribution in [1.29, 1.82) is 0 Å². The number of carbonyl (C=O) groups excluding carboxylic acids is 1. The highest BCUT2D eigenvalue weighted by Gasteiger charge is 2.16. The van der Waals surface area contributed by atoms with Crippen LogP contribution in [0.5, 0.6) is 5.75 Å². The van der Waals surface area contributed by atoms with Gasteiger partial charge in [-0.25, -0.2) is 8.78 Å². The molecule has 1 heterocycles. The van der Waals surface area contributed by atoms with E-state index < -0.39 is 17.5 Å². The standard InChI is InChI=1S/C28H25F2NO3/c1-4-33-26-14-27-21(23(16-34-27)19-10-8-17(2)9-11-19)13-20(26)18(3)12-28(32)31-15-22-24(29)6-5-7-25(22)30/h5-14,16H,4,15H2,1-3H3,(H,31,32)/b18-12+. The first kappa shape index (κ1) is 23.2. The number of fused-ring (bicyclic) bond motifs is 1. The summed E-state index contributed by atoms with van der Waals surface area (Å²) in [6.45, 7) is 5.89. The lowest BCUT2D eigenvalue weighted by Gasteiger charge is -2.12. The summed E-state index contributed by atoms with van der Waals surface area (Å²) in [4.78, 5) is 12.5. The lowest BCUT2D eigenvalue weighted by Crippen LogP contribution is -2.22. The number of furan rings is 1. The zero-order valence-corrected chi connectivity index (χ0v) is 19.2. The molecule has 4 nitrogen and oxygen atoms in total. The van der Waals surface area contributed by atoms with E-state index in [1.54, 1.807) is 13.2 Å². The quantitative estimate of drug-likeness (QED) is 0.308. The van der Waals surface area contributed by atoms with Gasteiger partial charge in [0.1, 0.15) is 23.0 Å². The van der Waals surface area contributed by atoms with Gasteiger partial charge in [-0.3, -0.25) is 4.79 Å². The minimum atomic E-state index is -0.700. The predicted molar refractivity (Wildman–Crippen MR) is 129 cm³/mol. The van der Waals surface area contributed by atoms with Gasteiger partial charge >= 0.3 is 0 Å². The third-order valence-electron chi connectivity index (χ3n) is 5.61. The second kappa shape index (κ2) is 9.91.